The SMILES string of the molecule is CC(C)N(Cc1cccs1)c1ncnc(Cl)c1[N+](=O)[O-]. The smallest absolute Gasteiger partial charge is 0.343 e. The number of nitrogens with zero attached hydrogens (tertiary/aromatic N) is 4. The Morgan fingerprint density at radius 3 is 2.80 bits per heavy atom. The van der Waals surface area contributed by atoms with Gasteiger partial charge in [-0.2, -0.15) is 0 Å². The Labute approximate surface area is 125 Å². The summed E-state index contributed by atoms with van der Waals surface area (Å²) in [6.07, 6.45) is 1.24. The standard InChI is InChI=1S/C12H13ClN4O2S/c1-8(2)16(6-9-4-3-5-20-9)12-10(17(18)19)11(13)14-7-15-12/h3-5,7-8H,6H2,1-2H3. The van der Waals surface area contributed by atoms with Gasteiger partial charge in [-0.3, -0.25) is 10.1 Å². The lowest BCUT2D eigenvalue weighted by Gasteiger charge is -2.26. The lowest BCUT2D eigenvalue weighted by atomic mass is 10.2. The van der Waals surface area contributed by atoms with Crippen molar-refractivity contribution in [1.29, 1.82) is 0 Å². The van der Waals surface area contributed by atoms with Crippen molar-refractivity contribution in [2.24, 2.45) is 0 Å². The first-order chi connectivity index (χ1) is 9.50. The van der Waals surface area contributed by atoms with Gasteiger partial charge in [0.2, 0.25) is 11.0 Å². The molecule has 2 aromatic rings. The Morgan fingerprint density at radius 1 is 1.50 bits per heavy atom. The molecule has 0 bridgehead atoms. The molecule has 0 fully saturated rings. The van der Waals surface area contributed by atoms with E-state index in [-0.39, 0.29) is 22.7 Å². The van der Waals surface area contributed by atoms with Gasteiger partial charge in [0.1, 0.15) is 6.33 Å². The topological polar surface area (TPSA) is 72.2 Å². The van der Waals surface area contributed by atoms with Crippen LogP contribution in [0.15, 0.2) is 23.8 Å². The van der Waals surface area contributed by atoms with Gasteiger partial charge in [0, 0.05) is 10.9 Å². The van der Waals surface area contributed by atoms with Crippen molar-refractivity contribution in [3.8, 4) is 0 Å². The zero-order valence-corrected chi connectivity index (χ0v) is 12.6. The van der Waals surface area contributed by atoms with Crippen molar-refractivity contribution in [2.75, 3.05) is 4.90 Å². The molecule has 0 aromatic carbocycles. The molecule has 0 saturated heterocycles. The average molecular weight is 313 g/mol. The van der Waals surface area contributed by atoms with Crippen molar-refractivity contribution in [2.45, 2.75) is 26.4 Å². The lowest BCUT2D eigenvalue weighted by Crippen LogP contribution is -2.31. The highest BCUT2D eigenvalue weighted by atomic mass is 35.5. The van der Waals surface area contributed by atoms with Crippen LogP contribution in [0.3, 0.4) is 0 Å². The fourth-order valence-electron chi connectivity index (χ4n) is 1.79. The van der Waals surface area contributed by atoms with Gasteiger partial charge in [-0.05, 0) is 25.3 Å². The van der Waals surface area contributed by atoms with Crippen LogP contribution in [-0.2, 0) is 6.54 Å². The summed E-state index contributed by atoms with van der Waals surface area (Å²) in [6, 6.07) is 3.97. The Bertz CT molecular complexity index is 604. The van der Waals surface area contributed by atoms with E-state index in [2.05, 4.69) is 9.97 Å². The molecule has 106 valence electrons. The summed E-state index contributed by atoms with van der Waals surface area (Å²) in [5.41, 5.74) is -0.251. The molecular weight excluding hydrogens is 300 g/mol. The van der Waals surface area contributed by atoms with E-state index in [4.69, 9.17) is 11.6 Å². The molecule has 2 heterocycles. The van der Waals surface area contributed by atoms with Gasteiger partial charge in [-0.15, -0.1) is 11.3 Å². The molecule has 0 aliphatic heterocycles. The molecule has 0 aliphatic rings. The summed E-state index contributed by atoms with van der Waals surface area (Å²) in [5.74, 6) is 0.249. The highest BCUT2D eigenvalue weighted by Gasteiger charge is 2.27. The van der Waals surface area contributed by atoms with Gasteiger partial charge in [0.25, 0.3) is 0 Å². The Kier molecular flexibility index (Phi) is 4.51. The predicted molar refractivity (Wildman–Crippen MR) is 79.3 cm³/mol. The number of halogens is 1. The van der Waals surface area contributed by atoms with Gasteiger partial charge >= 0.3 is 5.69 Å². The van der Waals surface area contributed by atoms with Crippen LogP contribution in [0.1, 0.15) is 18.7 Å². The predicted octanol–water partition coefficient (Wildman–Crippen LogP) is 3.51. The third kappa shape index (κ3) is 3.05. The second-order valence-electron chi connectivity index (χ2n) is 4.39. The van der Waals surface area contributed by atoms with E-state index in [0.717, 1.165) is 4.88 Å². The van der Waals surface area contributed by atoms with Crippen molar-refractivity contribution in [3.63, 3.8) is 0 Å². The minimum absolute atomic E-state index is 0.0433. The summed E-state index contributed by atoms with van der Waals surface area (Å²) in [4.78, 5) is 21.3. The van der Waals surface area contributed by atoms with Crippen molar-refractivity contribution < 1.29 is 4.92 Å². The number of thiophene rings is 1. The maximum atomic E-state index is 11.2. The van der Waals surface area contributed by atoms with Gasteiger partial charge in [-0.1, -0.05) is 17.7 Å². The van der Waals surface area contributed by atoms with Crippen molar-refractivity contribution >= 4 is 34.4 Å². The van der Waals surface area contributed by atoms with E-state index in [0.29, 0.717) is 6.54 Å². The van der Waals surface area contributed by atoms with Crippen molar-refractivity contribution in [1.82, 2.24) is 9.97 Å². The molecule has 0 spiro atoms. The van der Waals surface area contributed by atoms with Crippen molar-refractivity contribution in [3.05, 3.63) is 44.0 Å². The van der Waals surface area contributed by atoms with Gasteiger partial charge < -0.3 is 4.90 Å². The minimum atomic E-state index is -0.540. The molecule has 6 nitrogen and oxygen atoms in total. The van der Waals surface area contributed by atoms with Gasteiger partial charge in [0.15, 0.2) is 0 Å². The van der Waals surface area contributed by atoms with E-state index in [9.17, 15) is 10.1 Å². The lowest BCUT2D eigenvalue weighted by molar-refractivity contribution is -0.384. The Balaban J connectivity index is 2.44. The first kappa shape index (κ1) is 14.7. The third-order valence-electron chi connectivity index (χ3n) is 2.74. The van der Waals surface area contributed by atoms with E-state index >= 15 is 0 Å². The molecule has 8 heteroatoms. The number of hydrogen-bond acceptors (Lipinski definition) is 6. The van der Waals surface area contributed by atoms with E-state index in [1.54, 1.807) is 11.3 Å². The largest absolute Gasteiger partial charge is 0.348 e. The molecule has 20 heavy (non-hydrogen) atoms. The Hall–Kier alpha value is -1.73. The second-order valence-corrected chi connectivity index (χ2v) is 5.79. The summed E-state index contributed by atoms with van der Waals surface area (Å²) >= 11 is 7.43. The van der Waals surface area contributed by atoms with E-state index < -0.39 is 4.92 Å². The van der Waals surface area contributed by atoms with Crippen LogP contribution in [0.2, 0.25) is 5.15 Å². The number of nitro groups is 1. The number of rotatable bonds is 5. The second kappa shape index (κ2) is 6.15. The Morgan fingerprint density at radius 2 is 2.25 bits per heavy atom. The fourth-order valence-corrected chi connectivity index (χ4v) is 2.69. The summed E-state index contributed by atoms with van der Waals surface area (Å²) < 4.78 is 0. The highest BCUT2D eigenvalue weighted by molar-refractivity contribution is 7.09. The monoisotopic (exact) mass is 312 g/mol. The van der Waals surface area contributed by atoms with Crippen LogP contribution >= 0.6 is 22.9 Å². The maximum Gasteiger partial charge on any atom is 0.348 e. The molecule has 0 atom stereocenters. The van der Waals surface area contributed by atoms with Crippen LogP contribution in [0.5, 0.6) is 0 Å². The van der Waals surface area contributed by atoms with Gasteiger partial charge in [0.05, 0.1) is 11.5 Å². The quantitative estimate of drug-likeness (QED) is 0.480. The number of hydrogen-bond donors (Lipinski definition) is 0. The molecule has 0 saturated carbocycles. The van der Waals surface area contributed by atoms with Crippen LogP contribution < -0.4 is 4.90 Å². The molecule has 0 amide bonds. The zero-order valence-electron chi connectivity index (χ0n) is 11.0. The average Bonchev–Trinajstić information content (AvgIpc) is 2.87. The van der Waals surface area contributed by atoms with E-state index in [1.807, 2.05) is 36.3 Å². The zero-order chi connectivity index (χ0) is 14.7. The summed E-state index contributed by atoms with van der Waals surface area (Å²) in [5, 5.41) is 13.0. The maximum absolute atomic E-state index is 11.2. The van der Waals surface area contributed by atoms with Crippen LogP contribution in [0.25, 0.3) is 0 Å². The van der Waals surface area contributed by atoms with E-state index in [1.165, 1.54) is 6.33 Å². The van der Waals surface area contributed by atoms with Crippen LogP contribution in [-0.4, -0.2) is 20.9 Å². The minimum Gasteiger partial charge on any atom is -0.343 e. The molecule has 2 aromatic heterocycles. The normalized spacial score (nSPS) is 10.8. The van der Waals surface area contributed by atoms with Gasteiger partial charge in [-0.25, -0.2) is 9.97 Å². The highest BCUT2D eigenvalue weighted by Crippen LogP contribution is 2.33. The molecule has 0 N–H and O–H groups in total. The fraction of sp³-hybridized carbons (Fsp3) is 0.333. The van der Waals surface area contributed by atoms with Crippen LogP contribution in [0, 0.1) is 10.1 Å². The number of aromatic nitrogens is 2. The first-order valence-electron chi connectivity index (χ1n) is 5.94. The molecule has 0 unspecified atom stereocenters. The molecule has 2 rings (SSSR count). The molecule has 0 aliphatic carbocycles. The molecule has 0 radical (unpaired) electrons. The van der Waals surface area contributed by atoms with Crippen LogP contribution in [0.4, 0.5) is 11.5 Å². The summed E-state index contributed by atoms with van der Waals surface area (Å²) in [7, 11) is 0. The molecular formula is C12H13ClN4O2S. The number of anilines is 1. The first-order valence-corrected chi connectivity index (χ1v) is 7.20. The summed E-state index contributed by atoms with van der Waals surface area (Å²) in [6.45, 7) is 4.45. The third-order valence-corrected chi connectivity index (χ3v) is 3.88.